The van der Waals surface area contributed by atoms with Crippen LogP contribution in [0.5, 0.6) is 5.75 Å². The molecule has 6 heteroatoms. The molecule has 1 aliphatic carbocycles. The zero-order valence-electron chi connectivity index (χ0n) is 19.5. The minimum atomic E-state index is 0.567. The summed E-state index contributed by atoms with van der Waals surface area (Å²) < 4.78 is 11.4. The van der Waals surface area contributed by atoms with Crippen molar-refractivity contribution in [3.63, 3.8) is 0 Å². The predicted molar refractivity (Wildman–Crippen MR) is 138 cm³/mol. The molecular weight excluding hydrogens is 446 g/mol. The third kappa shape index (κ3) is 3.81. The van der Waals surface area contributed by atoms with Gasteiger partial charge in [0.25, 0.3) is 0 Å². The highest BCUT2D eigenvalue weighted by Gasteiger charge is 2.30. The smallest absolute Gasteiger partial charge is 0.175 e. The van der Waals surface area contributed by atoms with E-state index in [0.29, 0.717) is 12.0 Å². The van der Waals surface area contributed by atoms with Crippen LogP contribution in [0.2, 0.25) is 5.02 Å². The molecular formula is C28H30ClN3O2. The average Bonchev–Trinajstić information content (AvgIpc) is 3.34. The molecule has 2 aliphatic rings. The van der Waals surface area contributed by atoms with Crippen molar-refractivity contribution in [1.29, 1.82) is 0 Å². The molecule has 0 atom stereocenters. The van der Waals surface area contributed by atoms with Crippen LogP contribution in [0.4, 0.5) is 5.69 Å². The van der Waals surface area contributed by atoms with Gasteiger partial charge in [0.15, 0.2) is 11.3 Å². The zero-order chi connectivity index (χ0) is 23.1. The highest BCUT2D eigenvalue weighted by Crippen LogP contribution is 2.41. The van der Waals surface area contributed by atoms with Crippen LogP contribution in [0.1, 0.15) is 37.2 Å². The molecule has 2 aromatic carbocycles. The van der Waals surface area contributed by atoms with E-state index in [1.807, 2.05) is 30.7 Å². The van der Waals surface area contributed by atoms with Crippen molar-refractivity contribution in [3.05, 3.63) is 65.5 Å². The van der Waals surface area contributed by atoms with Gasteiger partial charge in [-0.1, -0.05) is 23.7 Å². The first-order chi connectivity index (χ1) is 16.7. The van der Waals surface area contributed by atoms with Crippen molar-refractivity contribution in [3.8, 4) is 5.75 Å². The first-order valence-corrected chi connectivity index (χ1v) is 12.7. The van der Waals surface area contributed by atoms with Gasteiger partial charge in [-0.2, -0.15) is 0 Å². The van der Waals surface area contributed by atoms with E-state index in [0.717, 1.165) is 53.4 Å². The highest BCUT2D eigenvalue weighted by atomic mass is 35.5. The summed E-state index contributed by atoms with van der Waals surface area (Å²) in [5.74, 6) is 1.39. The Bertz CT molecular complexity index is 1300. The van der Waals surface area contributed by atoms with Crippen LogP contribution in [0.25, 0.3) is 21.9 Å². The van der Waals surface area contributed by atoms with Gasteiger partial charge in [-0.3, -0.25) is 9.88 Å². The normalized spacial score (nSPS) is 21.9. The second kappa shape index (κ2) is 9.12. The Morgan fingerprint density at radius 1 is 0.941 bits per heavy atom. The van der Waals surface area contributed by atoms with E-state index in [1.165, 1.54) is 42.3 Å². The van der Waals surface area contributed by atoms with Crippen LogP contribution in [0.3, 0.4) is 0 Å². The molecule has 0 amide bonds. The maximum absolute atomic E-state index is 6.41. The number of aromatic nitrogens is 1. The molecule has 34 heavy (non-hydrogen) atoms. The number of halogens is 1. The number of hydrogen-bond acceptors (Lipinski definition) is 5. The number of anilines is 1. The Kier molecular flexibility index (Phi) is 5.84. The second-order valence-electron chi connectivity index (χ2n) is 9.52. The van der Waals surface area contributed by atoms with E-state index in [4.69, 9.17) is 20.8 Å². The minimum absolute atomic E-state index is 0.567. The van der Waals surface area contributed by atoms with Crippen LogP contribution in [-0.2, 0) is 0 Å². The molecule has 1 aliphatic heterocycles. The van der Waals surface area contributed by atoms with E-state index in [-0.39, 0.29) is 0 Å². The lowest BCUT2D eigenvalue weighted by Crippen LogP contribution is -2.51. The van der Waals surface area contributed by atoms with Gasteiger partial charge in [-0.15, -0.1) is 0 Å². The van der Waals surface area contributed by atoms with Crippen molar-refractivity contribution < 1.29 is 9.15 Å². The molecule has 1 saturated heterocycles. The van der Waals surface area contributed by atoms with Crippen LogP contribution in [0, 0.1) is 0 Å². The van der Waals surface area contributed by atoms with Crippen LogP contribution in [-0.4, -0.2) is 49.2 Å². The Labute approximate surface area is 205 Å². The number of furan rings is 1. The molecule has 2 aromatic heterocycles. The summed E-state index contributed by atoms with van der Waals surface area (Å²) in [7, 11) is 1.70. The lowest BCUT2D eigenvalue weighted by Gasteiger charge is -2.42. The summed E-state index contributed by atoms with van der Waals surface area (Å²) in [6, 6.07) is 15.0. The van der Waals surface area contributed by atoms with Crippen LogP contribution in [0.15, 0.2) is 59.3 Å². The topological polar surface area (TPSA) is 41.7 Å². The summed E-state index contributed by atoms with van der Waals surface area (Å²) in [4.78, 5) is 9.81. The summed E-state index contributed by atoms with van der Waals surface area (Å²) in [6.07, 6.45) is 8.72. The molecule has 0 bridgehead atoms. The largest absolute Gasteiger partial charge is 0.493 e. The number of rotatable bonds is 4. The number of hydrogen-bond donors (Lipinski definition) is 0. The third-order valence-electron chi connectivity index (χ3n) is 7.82. The molecule has 0 N–H and O–H groups in total. The highest BCUT2D eigenvalue weighted by molar-refractivity contribution is 6.35. The Balaban J connectivity index is 1.10. The van der Waals surface area contributed by atoms with Gasteiger partial charge < -0.3 is 14.1 Å². The number of benzene rings is 2. The van der Waals surface area contributed by atoms with Crippen molar-refractivity contribution in [2.75, 3.05) is 38.2 Å². The molecule has 2 fully saturated rings. The molecule has 0 unspecified atom stereocenters. The fourth-order valence-electron chi connectivity index (χ4n) is 5.99. The van der Waals surface area contributed by atoms with Gasteiger partial charge in [-0.05, 0) is 61.9 Å². The molecule has 1 saturated carbocycles. The molecule has 5 nitrogen and oxygen atoms in total. The molecule has 0 spiro atoms. The minimum Gasteiger partial charge on any atom is -0.493 e. The number of pyridine rings is 1. The van der Waals surface area contributed by atoms with E-state index >= 15 is 0 Å². The molecule has 3 heterocycles. The maximum Gasteiger partial charge on any atom is 0.175 e. The zero-order valence-corrected chi connectivity index (χ0v) is 20.3. The fourth-order valence-corrected chi connectivity index (χ4v) is 6.20. The first kappa shape index (κ1) is 21.8. The number of methoxy groups -OCH3 is 1. The van der Waals surface area contributed by atoms with Gasteiger partial charge in [0.1, 0.15) is 0 Å². The van der Waals surface area contributed by atoms with Crippen LogP contribution >= 0.6 is 11.6 Å². The van der Waals surface area contributed by atoms with Crippen LogP contribution < -0.4 is 9.64 Å². The second-order valence-corrected chi connectivity index (χ2v) is 9.93. The first-order valence-electron chi connectivity index (χ1n) is 12.3. The average molecular weight is 476 g/mol. The van der Waals surface area contributed by atoms with E-state index in [2.05, 4.69) is 39.0 Å². The van der Waals surface area contributed by atoms with Gasteiger partial charge in [0.2, 0.25) is 0 Å². The molecule has 176 valence electrons. The number of ether oxygens (including phenoxy) is 1. The van der Waals surface area contributed by atoms with E-state index in [1.54, 1.807) is 7.11 Å². The molecule has 4 aromatic rings. The SMILES string of the molecule is COc1cccc2c1occ2[C@H]1CC[C@@H](N2CCN(c3ccc(Cl)c4cccnc34)CC2)CC1. The lowest BCUT2D eigenvalue weighted by molar-refractivity contribution is 0.141. The van der Waals surface area contributed by atoms with E-state index < -0.39 is 0 Å². The van der Waals surface area contributed by atoms with E-state index in [9.17, 15) is 0 Å². The van der Waals surface area contributed by atoms with Gasteiger partial charge >= 0.3 is 0 Å². The van der Waals surface area contributed by atoms with Gasteiger partial charge in [0, 0.05) is 54.8 Å². The fraction of sp³-hybridized carbons (Fsp3) is 0.393. The molecule has 6 rings (SSSR count). The number of nitrogens with zero attached hydrogens (tertiary/aromatic N) is 3. The predicted octanol–water partition coefficient (Wildman–Crippen LogP) is 6.49. The van der Waals surface area contributed by atoms with Gasteiger partial charge in [0.05, 0.1) is 29.6 Å². The number of piperazine rings is 1. The van der Waals surface area contributed by atoms with Crippen molar-refractivity contribution in [2.45, 2.75) is 37.6 Å². The Morgan fingerprint density at radius 3 is 2.53 bits per heavy atom. The van der Waals surface area contributed by atoms with Crippen molar-refractivity contribution in [2.24, 2.45) is 0 Å². The monoisotopic (exact) mass is 475 g/mol. The summed E-state index contributed by atoms with van der Waals surface area (Å²) in [5.41, 5.74) is 4.43. The third-order valence-corrected chi connectivity index (χ3v) is 8.15. The maximum atomic E-state index is 6.41. The van der Waals surface area contributed by atoms with Crippen molar-refractivity contribution >= 4 is 39.2 Å². The standard InChI is InChI=1S/C28H30ClN3O2/c1-33-26-6-2-4-21-23(18-34-28(21)26)19-7-9-20(10-8-19)31-14-16-32(17-15-31)25-12-11-24(29)22-5-3-13-30-27(22)25/h2-6,11-13,18-20H,7-10,14-17H2,1H3/t19-,20+. The number of fused-ring (bicyclic) bond motifs is 2. The Morgan fingerprint density at radius 2 is 1.74 bits per heavy atom. The summed E-state index contributed by atoms with van der Waals surface area (Å²) in [5, 5.41) is 3.01. The van der Waals surface area contributed by atoms with Gasteiger partial charge in [-0.25, -0.2) is 0 Å². The lowest BCUT2D eigenvalue weighted by atomic mass is 9.81. The Hall–Kier alpha value is -2.76. The quantitative estimate of drug-likeness (QED) is 0.337. The van der Waals surface area contributed by atoms with Crippen molar-refractivity contribution in [1.82, 2.24) is 9.88 Å². The summed E-state index contributed by atoms with van der Waals surface area (Å²) >= 11 is 6.41. The molecule has 0 radical (unpaired) electrons. The summed E-state index contributed by atoms with van der Waals surface area (Å²) in [6.45, 7) is 4.25. The number of para-hydroxylation sites is 1.